The summed E-state index contributed by atoms with van der Waals surface area (Å²) in [6, 6.07) is 0. The summed E-state index contributed by atoms with van der Waals surface area (Å²) in [6.45, 7) is 13.3. The fourth-order valence-electron chi connectivity index (χ4n) is 4.67. The Hall–Kier alpha value is -0.700. The molecule has 7 nitrogen and oxygen atoms in total. The van der Waals surface area contributed by atoms with Crippen molar-refractivity contribution in [1.82, 2.24) is 19.4 Å². The lowest BCUT2D eigenvalue weighted by Gasteiger charge is -2.32. The average Bonchev–Trinajstić information content (AvgIpc) is 3.25. The van der Waals surface area contributed by atoms with E-state index in [9.17, 15) is 4.79 Å². The van der Waals surface area contributed by atoms with E-state index in [1.165, 1.54) is 11.1 Å². The Morgan fingerprint density at radius 1 is 1.33 bits per heavy atom. The molecule has 1 aromatic rings. The Morgan fingerprint density at radius 3 is 2.61 bits per heavy atom. The van der Waals surface area contributed by atoms with Crippen LogP contribution in [0.1, 0.15) is 71.6 Å². The smallest absolute Gasteiger partial charge is 0.410 e. The van der Waals surface area contributed by atoms with Crippen molar-refractivity contribution in [2.24, 2.45) is 5.41 Å². The van der Waals surface area contributed by atoms with Gasteiger partial charge in [-0.25, -0.2) is 9.25 Å². The van der Waals surface area contributed by atoms with Crippen molar-refractivity contribution < 1.29 is 14.3 Å². The Morgan fingerprint density at radius 2 is 2.06 bits per heavy atom. The Labute approximate surface area is 213 Å². The number of likely N-dealkylation sites (N-methyl/N-ethyl adjacent to an activating group) is 2. The van der Waals surface area contributed by atoms with Crippen LogP contribution in [0.4, 0.5) is 4.79 Å². The maximum Gasteiger partial charge on any atom is 0.410 e. The van der Waals surface area contributed by atoms with E-state index in [4.69, 9.17) is 14.6 Å². The first-order valence-electron chi connectivity index (χ1n) is 11.7. The number of rotatable bonds is 7. The molecule has 2 unspecified atom stereocenters. The molecule has 1 spiro atoms. The first-order chi connectivity index (χ1) is 15.3. The predicted octanol–water partition coefficient (Wildman–Crippen LogP) is 5.73. The highest BCUT2D eigenvalue weighted by Gasteiger charge is 2.45. The molecule has 0 saturated carbocycles. The molecule has 1 aliphatic carbocycles. The molecule has 1 fully saturated rings. The zero-order valence-corrected chi connectivity index (χ0v) is 24.4. The summed E-state index contributed by atoms with van der Waals surface area (Å²) in [5.41, 5.74) is 3.53. The van der Waals surface area contributed by atoms with Gasteiger partial charge in [-0.3, -0.25) is 0 Å². The number of ether oxygens (including phenoxy) is 2. The van der Waals surface area contributed by atoms with Crippen LogP contribution in [0.2, 0.25) is 0 Å². The van der Waals surface area contributed by atoms with Gasteiger partial charge in [0, 0.05) is 38.4 Å². The van der Waals surface area contributed by atoms with E-state index in [-0.39, 0.29) is 17.1 Å². The van der Waals surface area contributed by atoms with Crippen LogP contribution in [0.15, 0.2) is 12.3 Å². The molecular formula is C24H40IN4O3P. The van der Waals surface area contributed by atoms with E-state index in [2.05, 4.69) is 60.1 Å². The first kappa shape index (κ1) is 26.9. The van der Waals surface area contributed by atoms with Gasteiger partial charge in [0.25, 0.3) is 0 Å². The first-order valence-corrected chi connectivity index (χ1v) is 15.8. The lowest BCUT2D eigenvalue weighted by atomic mass is 9.76. The third kappa shape index (κ3) is 7.39. The third-order valence-electron chi connectivity index (χ3n) is 6.28. The number of aromatic nitrogens is 2. The molecule has 1 aliphatic heterocycles. The zero-order chi connectivity index (χ0) is 24.4. The van der Waals surface area contributed by atoms with Crippen molar-refractivity contribution in [2.75, 3.05) is 33.8 Å². The van der Waals surface area contributed by atoms with Crippen molar-refractivity contribution in [1.29, 1.82) is 0 Å². The van der Waals surface area contributed by atoms with Crippen molar-refractivity contribution in [3.63, 3.8) is 0 Å². The minimum Gasteiger partial charge on any atom is -0.444 e. The van der Waals surface area contributed by atoms with Crippen LogP contribution >= 0.6 is 28.4 Å². The lowest BCUT2D eigenvalue weighted by molar-refractivity contribution is -0.00368. The molecule has 0 N–H and O–H groups in total. The fraction of sp³-hybridized carbons (Fsp3) is 0.750. The monoisotopic (exact) mass is 590 g/mol. The molecule has 0 radical (unpaired) electrons. The topological polar surface area (TPSA) is 59.8 Å². The second-order valence-electron chi connectivity index (χ2n) is 11.4. The molecule has 9 heteroatoms. The highest BCUT2D eigenvalue weighted by atomic mass is 127. The number of hydrogen-bond donors (Lipinski definition) is 0. The van der Waals surface area contributed by atoms with Crippen molar-refractivity contribution in [3.05, 3.63) is 23.5 Å². The van der Waals surface area contributed by atoms with Crippen LogP contribution < -0.4 is 0 Å². The summed E-state index contributed by atoms with van der Waals surface area (Å²) < 4.78 is 13.8. The minimum atomic E-state index is -0.480. The molecule has 3 rings (SSSR count). The van der Waals surface area contributed by atoms with Gasteiger partial charge in [0.05, 0.1) is 24.3 Å². The normalized spacial score (nSPS) is 23.0. The number of amides is 1. The second kappa shape index (κ2) is 10.5. The number of hydrogen-bond acceptors (Lipinski definition) is 5. The maximum absolute atomic E-state index is 12.2. The van der Waals surface area contributed by atoms with Crippen LogP contribution in [0.25, 0.3) is 5.57 Å². The maximum atomic E-state index is 12.2. The lowest BCUT2D eigenvalue weighted by Crippen LogP contribution is -2.38. The highest BCUT2D eigenvalue weighted by Crippen LogP contribution is 2.47. The van der Waals surface area contributed by atoms with Gasteiger partial charge in [-0.15, -0.1) is 0 Å². The number of carbonyl (C=O) groups excluding carboxylic acids is 1. The number of halogens is 1. The number of nitrogens with zero attached hydrogens (tertiary/aromatic N) is 4. The molecule has 2 aliphatic rings. The van der Waals surface area contributed by atoms with E-state index < -0.39 is 5.60 Å². The third-order valence-corrected chi connectivity index (χ3v) is 8.17. The molecule has 1 aromatic heterocycles. The summed E-state index contributed by atoms with van der Waals surface area (Å²) in [6.07, 6.45) is 9.02. The molecule has 0 aromatic carbocycles. The summed E-state index contributed by atoms with van der Waals surface area (Å²) >= 11 is 2.38. The Balaban J connectivity index is 1.62. The van der Waals surface area contributed by atoms with Crippen LogP contribution in [-0.2, 0) is 16.0 Å². The molecule has 0 bridgehead atoms. The SMILES string of the molecule is CN(CCN(C)C(=O)OC(C)(C)C)Cc1cn(PI)nc1C1=CCC2(CC1)CC(C)(C)CO2. The van der Waals surface area contributed by atoms with E-state index in [1.54, 1.807) is 11.9 Å². The molecule has 2 atom stereocenters. The molecule has 1 amide bonds. The molecule has 186 valence electrons. The van der Waals surface area contributed by atoms with Gasteiger partial charge in [0.2, 0.25) is 0 Å². The second-order valence-corrected chi connectivity index (χ2v) is 13.5. The minimum absolute atomic E-state index is 0.0176. The standard InChI is InChI=1S/C24H40IN4O3P/c1-22(2,3)32-21(30)28(7)13-12-27(6)14-19-15-29(33-25)26-20(19)18-8-10-24(11-9-18)16-23(4,5)17-31-24/h8,15,33H,9-14,16-17H2,1-7H3. The average molecular weight is 590 g/mol. The highest BCUT2D eigenvalue weighted by molar-refractivity contribution is 14.2. The van der Waals surface area contributed by atoms with Gasteiger partial charge in [0.15, 0.2) is 0 Å². The van der Waals surface area contributed by atoms with Crippen LogP contribution in [0.5, 0.6) is 0 Å². The van der Waals surface area contributed by atoms with Gasteiger partial charge < -0.3 is 19.3 Å². The van der Waals surface area contributed by atoms with E-state index >= 15 is 0 Å². The zero-order valence-electron chi connectivity index (χ0n) is 21.2. The predicted molar refractivity (Wildman–Crippen MR) is 144 cm³/mol. The number of allylic oxidation sites excluding steroid dienone is 1. The van der Waals surface area contributed by atoms with Crippen LogP contribution in [0, 0.1) is 5.41 Å². The van der Waals surface area contributed by atoms with Gasteiger partial charge >= 0.3 is 6.09 Å². The molecule has 1 saturated heterocycles. The van der Waals surface area contributed by atoms with Gasteiger partial charge in [-0.2, -0.15) is 5.10 Å². The van der Waals surface area contributed by atoms with E-state index in [0.29, 0.717) is 12.9 Å². The van der Waals surface area contributed by atoms with Crippen molar-refractivity contribution in [2.45, 2.75) is 78.0 Å². The van der Waals surface area contributed by atoms with Gasteiger partial charge in [0.1, 0.15) is 5.60 Å². The fourth-order valence-corrected chi connectivity index (χ4v) is 5.75. The molecular weight excluding hydrogens is 550 g/mol. The number of carbonyl (C=O) groups is 1. The van der Waals surface area contributed by atoms with E-state index in [1.807, 2.05) is 25.2 Å². The van der Waals surface area contributed by atoms with Crippen molar-refractivity contribution >= 4 is 40.1 Å². The van der Waals surface area contributed by atoms with Gasteiger partial charge in [-0.1, -0.05) is 19.9 Å². The summed E-state index contributed by atoms with van der Waals surface area (Å²) in [4.78, 5) is 16.1. The Bertz CT molecular complexity index is 880. The molecule has 2 heterocycles. The van der Waals surface area contributed by atoms with E-state index in [0.717, 1.165) is 51.1 Å². The quantitative estimate of drug-likeness (QED) is 0.300. The van der Waals surface area contributed by atoms with Crippen LogP contribution in [0.3, 0.4) is 0 Å². The Kier molecular flexibility index (Phi) is 8.56. The van der Waals surface area contributed by atoms with Crippen LogP contribution in [-0.4, -0.2) is 70.4 Å². The van der Waals surface area contributed by atoms with Crippen molar-refractivity contribution in [3.8, 4) is 0 Å². The summed E-state index contributed by atoms with van der Waals surface area (Å²) in [5.74, 6) is 0. The summed E-state index contributed by atoms with van der Waals surface area (Å²) in [7, 11) is 3.88. The largest absolute Gasteiger partial charge is 0.444 e. The van der Waals surface area contributed by atoms with Gasteiger partial charge in [-0.05, 0) is 86.5 Å². The summed E-state index contributed by atoms with van der Waals surface area (Å²) in [5, 5.41) is 4.91. The molecule has 33 heavy (non-hydrogen) atoms.